The van der Waals surface area contributed by atoms with E-state index in [1.807, 2.05) is 24.3 Å². The summed E-state index contributed by atoms with van der Waals surface area (Å²) >= 11 is 0. The smallest absolute Gasteiger partial charge is 0.295 e. The lowest BCUT2D eigenvalue weighted by molar-refractivity contribution is -0.0162. The number of aromatic nitrogens is 1. The number of para-hydroxylation sites is 1. The summed E-state index contributed by atoms with van der Waals surface area (Å²) < 4.78 is 0. The summed E-state index contributed by atoms with van der Waals surface area (Å²) in [7, 11) is 0. The highest BCUT2D eigenvalue weighted by molar-refractivity contribution is 6.20. The van der Waals surface area contributed by atoms with Crippen molar-refractivity contribution in [2.24, 2.45) is 0 Å². The standard InChI is InChI=1S/C16H10N2O3/c19-15-11-6-2-3-7-12(11)16(20)18(15)21-14-9-10-5-1-4-8-13(10)17-14/h1-9,17H. The van der Waals surface area contributed by atoms with E-state index < -0.39 is 11.8 Å². The Balaban J connectivity index is 1.69. The normalized spacial score (nSPS) is 13.8. The van der Waals surface area contributed by atoms with Gasteiger partial charge in [-0.2, -0.15) is 0 Å². The molecule has 0 unspecified atom stereocenters. The summed E-state index contributed by atoms with van der Waals surface area (Å²) in [6.07, 6.45) is 0. The van der Waals surface area contributed by atoms with E-state index in [0.29, 0.717) is 17.0 Å². The number of hydrogen-bond acceptors (Lipinski definition) is 3. The van der Waals surface area contributed by atoms with E-state index in [1.165, 1.54) is 0 Å². The first kappa shape index (κ1) is 11.7. The molecule has 0 saturated carbocycles. The number of H-pyrrole nitrogens is 1. The molecule has 21 heavy (non-hydrogen) atoms. The van der Waals surface area contributed by atoms with Crippen LogP contribution in [0.25, 0.3) is 10.9 Å². The van der Waals surface area contributed by atoms with Crippen LogP contribution in [-0.4, -0.2) is 21.9 Å². The van der Waals surface area contributed by atoms with Gasteiger partial charge in [0, 0.05) is 17.0 Å². The van der Waals surface area contributed by atoms with Crippen LogP contribution < -0.4 is 4.84 Å². The molecule has 0 bridgehead atoms. The first-order valence-corrected chi connectivity index (χ1v) is 6.47. The molecule has 2 amide bonds. The Bertz CT molecular complexity index is 814. The molecule has 4 rings (SSSR count). The molecule has 102 valence electrons. The lowest BCUT2D eigenvalue weighted by atomic mass is 10.1. The van der Waals surface area contributed by atoms with Gasteiger partial charge in [0.25, 0.3) is 11.8 Å². The zero-order valence-corrected chi connectivity index (χ0v) is 10.9. The van der Waals surface area contributed by atoms with Crippen molar-refractivity contribution in [2.45, 2.75) is 0 Å². The molecule has 2 heterocycles. The van der Waals surface area contributed by atoms with Crippen molar-refractivity contribution in [3.63, 3.8) is 0 Å². The van der Waals surface area contributed by atoms with Crippen molar-refractivity contribution in [3.8, 4) is 5.88 Å². The number of hydroxylamine groups is 2. The Labute approximate surface area is 119 Å². The van der Waals surface area contributed by atoms with Gasteiger partial charge in [-0.15, -0.1) is 0 Å². The zero-order valence-electron chi connectivity index (χ0n) is 10.9. The van der Waals surface area contributed by atoms with E-state index in [-0.39, 0.29) is 0 Å². The van der Waals surface area contributed by atoms with Crippen LogP contribution in [-0.2, 0) is 0 Å². The van der Waals surface area contributed by atoms with Crippen LogP contribution in [0.2, 0.25) is 0 Å². The lowest BCUT2D eigenvalue weighted by Gasteiger charge is -2.12. The monoisotopic (exact) mass is 278 g/mol. The maximum absolute atomic E-state index is 12.2. The minimum absolute atomic E-state index is 0.353. The summed E-state index contributed by atoms with van der Waals surface area (Å²) in [6.45, 7) is 0. The molecule has 0 atom stereocenters. The van der Waals surface area contributed by atoms with Crippen molar-refractivity contribution in [2.75, 3.05) is 0 Å². The van der Waals surface area contributed by atoms with Gasteiger partial charge in [-0.05, 0) is 18.2 Å². The lowest BCUT2D eigenvalue weighted by Crippen LogP contribution is -2.33. The number of carbonyl (C=O) groups is 2. The Kier molecular flexibility index (Phi) is 2.35. The SMILES string of the molecule is O=C1c2ccccc2C(=O)N1Oc1cc2ccccc2[nH]1. The van der Waals surface area contributed by atoms with Crippen LogP contribution in [0.4, 0.5) is 0 Å². The van der Waals surface area contributed by atoms with Gasteiger partial charge < -0.3 is 9.82 Å². The summed E-state index contributed by atoms with van der Waals surface area (Å²) in [6, 6.07) is 16.0. The van der Waals surface area contributed by atoms with Gasteiger partial charge >= 0.3 is 0 Å². The van der Waals surface area contributed by atoms with Gasteiger partial charge in [-0.1, -0.05) is 35.4 Å². The number of hydrogen-bond donors (Lipinski definition) is 1. The second kappa shape index (κ2) is 4.21. The third kappa shape index (κ3) is 1.71. The Morgan fingerprint density at radius 3 is 2.14 bits per heavy atom. The van der Waals surface area contributed by atoms with E-state index >= 15 is 0 Å². The van der Waals surface area contributed by atoms with Gasteiger partial charge in [0.15, 0.2) is 0 Å². The van der Waals surface area contributed by atoms with Crippen LogP contribution in [0.15, 0.2) is 54.6 Å². The average molecular weight is 278 g/mol. The van der Waals surface area contributed by atoms with E-state index in [9.17, 15) is 9.59 Å². The number of rotatable bonds is 2. The largest absolute Gasteiger partial charge is 0.350 e. The van der Waals surface area contributed by atoms with Crippen LogP contribution in [0.1, 0.15) is 20.7 Å². The van der Waals surface area contributed by atoms with Crippen molar-refractivity contribution in [1.29, 1.82) is 0 Å². The number of benzene rings is 2. The molecule has 1 aliphatic rings. The fraction of sp³-hybridized carbons (Fsp3) is 0. The second-order valence-electron chi connectivity index (χ2n) is 4.76. The Hall–Kier alpha value is -3.08. The number of fused-ring (bicyclic) bond motifs is 2. The molecule has 0 fully saturated rings. The van der Waals surface area contributed by atoms with Crippen molar-refractivity contribution in [1.82, 2.24) is 10.0 Å². The van der Waals surface area contributed by atoms with E-state index in [1.54, 1.807) is 30.3 Å². The number of imide groups is 1. The predicted octanol–water partition coefficient (Wildman–Crippen LogP) is 2.76. The molecular formula is C16H10N2O3. The quantitative estimate of drug-likeness (QED) is 0.733. The van der Waals surface area contributed by atoms with Gasteiger partial charge in [0.05, 0.1) is 11.1 Å². The van der Waals surface area contributed by atoms with Gasteiger partial charge in [0.2, 0.25) is 5.88 Å². The molecule has 0 aliphatic carbocycles. The van der Waals surface area contributed by atoms with Crippen LogP contribution >= 0.6 is 0 Å². The van der Waals surface area contributed by atoms with E-state index in [0.717, 1.165) is 16.0 Å². The summed E-state index contributed by atoms with van der Waals surface area (Å²) in [4.78, 5) is 32.9. The Morgan fingerprint density at radius 2 is 1.48 bits per heavy atom. The minimum atomic E-state index is -0.450. The number of nitrogens with one attached hydrogen (secondary N) is 1. The summed E-state index contributed by atoms with van der Waals surface area (Å²) in [5, 5.41) is 1.74. The second-order valence-corrected chi connectivity index (χ2v) is 4.76. The number of aromatic amines is 1. The Morgan fingerprint density at radius 1 is 0.857 bits per heavy atom. The van der Waals surface area contributed by atoms with Crippen LogP contribution in [0, 0.1) is 0 Å². The van der Waals surface area contributed by atoms with Crippen molar-refractivity contribution >= 4 is 22.7 Å². The maximum Gasteiger partial charge on any atom is 0.295 e. The molecule has 0 saturated heterocycles. The van der Waals surface area contributed by atoms with Crippen LogP contribution in [0.5, 0.6) is 5.88 Å². The topological polar surface area (TPSA) is 62.4 Å². The van der Waals surface area contributed by atoms with Gasteiger partial charge in [-0.25, -0.2) is 0 Å². The first-order valence-electron chi connectivity index (χ1n) is 6.47. The van der Waals surface area contributed by atoms with Gasteiger partial charge in [-0.3, -0.25) is 9.59 Å². The van der Waals surface area contributed by atoms with Crippen molar-refractivity contribution < 1.29 is 14.4 Å². The number of carbonyl (C=O) groups excluding carboxylic acids is 2. The first-order chi connectivity index (χ1) is 10.2. The van der Waals surface area contributed by atoms with E-state index in [4.69, 9.17) is 4.84 Å². The summed E-state index contributed by atoms with van der Waals surface area (Å²) in [5.74, 6) is -0.547. The minimum Gasteiger partial charge on any atom is -0.350 e. The van der Waals surface area contributed by atoms with Gasteiger partial charge in [0.1, 0.15) is 0 Å². The van der Waals surface area contributed by atoms with E-state index in [2.05, 4.69) is 4.98 Å². The molecule has 0 radical (unpaired) electrons. The molecule has 1 aliphatic heterocycles. The fourth-order valence-electron chi connectivity index (χ4n) is 2.44. The average Bonchev–Trinajstić information content (AvgIpc) is 3.02. The molecule has 0 spiro atoms. The third-order valence-electron chi connectivity index (χ3n) is 3.45. The predicted molar refractivity (Wildman–Crippen MR) is 75.9 cm³/mol. The molecule has 2 aromatic carbocycles. The van der Waals surface area contributed by atoms with Crippen LogP contribution in [0.3, 0.4) is 0 Å². The molecule has 1 aromatic heterocycles. The number of nitrogens with zero attached hydrogens (tertiary/aromatic N) is 1. The molecule has 1 N–H and O–H groups in total. The highest BCUT2D eigenvalue weighted by Gasteiger charge is 2.37. The maximum atomic E-state index is 12.2. The van der Waals surface area contributed by atoms with Crippen molar-refractivity contribution in [3.05, 3.63) is 65.7 Å². The highest BCUT2D eigenvalue weighted by Crippen LogP contribution is 2.26. The molecule has 3 aromatic rings. The zero-order chi connectivity index (χ0) is 14.4. The molecule has 5 nitrogen and oxygen atoms in total. The molecule has 5 heteroatoms. The third-order valence-corrected chi connectivity index (χ3v) is 3.45. The summed E-state index contributed by atoms with van der Waals surface area (Å²) in [5.41, 5.74) is 1.60. The molecular weight excluding hydrogens is 268 g/mol. The fourth-order valence-corrected chi connectivity index (χ4v) is 2.44. The highest BCUT2D eigenvalue weighted by atomic mass is 16.7. The number of amides is 2.